The number of carbonyl (C=O) groups is 1. The standard InChI is InChI=1S/C16H16OS/c1-11-8-9-13(12(2)10-11)16(17)14-6-4-5-7-15(14)18-3/h4-10H,1-3H3. The lowest BCUT2D eigenvalue weighted by Crippen LogP contribution is -2.05. The van der Waals surface area contributed by atoms with Crippen molar-refractivity contribution in [2.45, 2.75) is 18.7 Å². The Hall–Kier alpha value is -1.54. The molecule has 0 atom stereocenters. The number of rotatable bonds is 3. The molecule has 92 valence electrons. The van der Waals surface area contributed by atoms with E-state index in [1.807, 2.05) is 56.5 Å². The Bertz CT molecular complexity index is 587. The maximum atomic E-state index is 12.5. The summed E-state index contributed by atoms with van der Waals surface area (Å²) in [6.45, 7) is 4.03. The monoisotopic (exact) mass is 256 g/mol. The summed E-state index contributed by atoms with van der Waals surface area (Å²) < 4.78 is 0. The molecule has 0 spiro atoms. The number of carbonyl (C=O) groups excluding carboxylic acids is 1. The Balaban J connectivity index is 2.48. The first-order valence-corrected chi connectivity index (χ1v) is 7.11. The van der Waals surface area contributed by atoms with Crippen molar-refractivity contribution in [1.82, 2.24) is 0 Å². The highest BCUT2D eigenvalue weighted by Gasteiger charge is 2.14. The molecule has 2 heteroatoms. The van der Waals surface area contributed by atoms with Gasteiger partial charge >= 0.3 is 0 Å². The average molecular weight is 256 g/mol. The quantitative estimate of drug-likeness (QED) is 0.603. The summed E-state index contributed by atoms with van der Waals surface area (Å²) in [5.74, 6) is 0.109. The zero-order valence-corrected chi connectivity index (χ0v) is 11.7. The molecule has 0 saturated heterocycles. The fourth-order valence-corrected chi connectivity index (χ4v) is 2.64. The second-order valence-electron chi connectivity index (χ2n) is 4.35. The number of aryl methyl sites for hydroxylation is 2. The van der Waals surface area contributed by atoms with Gasteiger partial charge in [-0.05, 0) is 37.8 Å². The summed E-state index contributed by atoms with van der Waals surface area (Å²) in [5.41, 5.74) is 3.80. The topological polar surface area (TPSA) is 17.1 Å². The Morgan fingerprint density at radius 2 is 1.72 bits per heavy atom. The molecule has 1 nitrogen and oxygen atoms in total. The van der Waals surface area contributed by atoms with Crippen LogP contribution in [0.3, 0.4) is 0 Å². The number of benzene rings is 2. The van der Waals surface area contributed by atoms with Crippen molar-refractivity contribution in [3.8, 4) is 0 Å². The molecule has 2 aromatic carbocycles. The molecule has 0 amide bonds. The van der Waals surface area contributed by atoms with Gasteiger partial charge in [0.15, 0.2) is 5.78 Å². The molecular weight excluding hydrogens is 240 g/mol. The summed E-state index contributed by atoms with van der Waals surface area (Å²) in [5, 5.41) is 0. The van der Waals surface area contributed by atoms with Crippen LogP contribution in [0.25, 0.3) is 0 Å². The fraction of sp³-hybridized carbons (Fsp3) is 0.188. The van der Waals surface area contributed by atoms with Crippen LogP contribution in [-0.2, 0) is 0 Å². The molecule has 0 bridgehead atoms. The number of hydrogen-bond donors (Lipinski definition) is 0. The van der Waals surface area contributed by atoms with Crippen LogP contribution < -0.4 is 0 Å². The van der Waals surface area contributed by atoms with Gasteiger partial charge < -0.3 is 0 Å². The van der Waals surface area contributed by atoms with Crippen LogP contribution in [-0.4, -0.2) is 12.0 Å². The summed E-state index contributed by atoms with van der Waals surface area (Å²) in [4.78, 5) is 13.6. The van der Waals surface area contributed by atoms with Gasteiger partial charge in [-0.3, -0.25) is 4.79 Å². The van der Waals surface area contributed by atoms with E-state index in [1.165, 1.54) is 5.56 Å². The lowest BCUT2D eigenvalue weighted by Gasteiger charge is -2.09. The Morgan fingerprint density at radius 3 is 2.39 bits per heavy atom. The molecule has 0 unspecified atom stereocenters. The van der Waals surface area contributed by atoms with Crippen molar-refractivity contribution in [3.05, 3.63) is 64.7 Å². The summed E-state index contributed by atoms with van der Waals surface area (Å²) in [6, 6.07) is 13.7. The molecular formula is C16H16OS. The Labute approximate surface area is 112 Å². The molecule has 0 aromatic heterocycles. The molecule has 18 heavy (non-hydrogen) atoms. The second-order valence-corrected chi connectivity index (χ2v) is 5.20. The van der Waals surface area contributed by atoms with E-state index in [0.29, 0.717) is 0 Å². The minimum Gasteiger partial charge on any atom is -0.289 e. The van der Waals surface area contributed by atoms with Gasteiger partial charge in [0.2, 0.25) is 0 Å². The highest BCUT2D eigenvalue weighted by Crippen LogP contribution is 2.24. The van der Waals surface area contributed by atoms with E-state index >= 15 is 0 Å². The number of hydrogen-bond acceptors (Lipinski definition) is 2. The highest BCUT2D eigenvalue weighted by atomic mass is 32.2. The molecule has 0 aliphatic heterocycles. The van der Waals surface area contributed by atoms with E-state index < -0.39 is 0 Å². The molecule has 0 N–H and O–H groups in total. The molecule has 2 aromatic rings. The first kappa shape index (κ1) is 12.9. The molecule has 0 aliphatic rings. The van der Waals surface area contributed by atoms with E-state index in [4.69, 9.17) is 0 Å². The van der Waals surface area contributed by atoms with Crippen LogP contribution in [0, 0.1) is 13.8 Å². The Kier molecular flexibility index (Phi) is 3.87. The third kappa shape index (κ3) is 2.49. The van der Waals surface area contributed by atoms with Gasteiger partial charge in [0.25, 0.3) is 0 Å². The van der Waals surface area contributed by atoms with Crippen molar-refractivity contribution < 1.29 is 4.79 Å². The van der Waals surface area contributed by atoms with Crippen molar-refractivity contribution in [3.63, 3.8) is 0 Å². The van der Waals surface area contributed by atoms with Gasteiger partial charge in [0, 0.05) is 16.0 Å². The van der Waals surface area contributed by atoms with E-state index in [9.17, 15) is 4.79 Å². The smallest absolute Gasteiger partial charge is 0.194 e. The minimum absolute atomic E-state index is 0.109. The fourth-order valence-electron chi connectivity index (χ4n) is 2.05. The predicted octanol–water partition coefficient (Wildman–Crippen LogP) is 4.26. The maximum absolute atomic E-state index is 12.5. The van der Waals surface area contributed by atoms with Crippen LogP contribution in [0.15, 0.2) is 47.4 Å². The van der Waals surface area contributed by atoms with E-state index in [1.54, 1.807) is 11.8 Å². The minimum atomic E-state index is 0.109. The van der Waals surface area contributed by atoms with Crippen LogP contribution in [0.5, 0.6) is 0 Å². The summed E-state index contributed by atoms with van der Waals surface area (Å²) in [6.07, 6.45) is 1.99. The highest BCUT2D eigenvalue weighted by molar-refractivity contribution is 7.98. The van der Waals surface area contributed by atoms with Gasteiger partial charge in [-0.15, -0.1) is 11.8 Å². The zero-order chi connectivity index (χ0) is 13.1. The van der Waals surface area contributed by atoms with Crippen molar-refractivity contribution >= 4 is 17.5 Å². The molecule has 0 fully saturated rings. The summed E-state index contributed by atoms with van der Waals surface area (Å²) >= 11 is 1.61. The van der Waals surface area contributed by atoms with E-state index in [-0.39, 0.29) is 5.78 Å². The average Bonchev–Trinajstić information content (AvgIpc) is 2.38. The van der Waals surface area contributed by atoms with Gasteiger partial charge in [-0.2, -0.15) is 0 Å². The first-order chi connectivity index (χ1) is 8.63. The molecule has 0 radical (unpaired) electrons. The number of ketones is 1. The van der Waals surface area contributed by atoms with E-state index in [0.717, 1.165) is 21.6 Å². The maximum Gasteiger partial charge on any atom is 0.194 e. The van der Waals surface area contributed by atoms with Gasteiger partial charge in [0.05, 0.1) is 0 Å². The third-order valence-corrected chi connectivity index (χ3v) is 3.77. The van der Waals surface area contributed by atoms with Gasteiger partial charge in [-0.1, -0.05) is 35.9 Å². The van der Waals surface area contributed by atoms with Crippen LogP contribution in [0.1, 0.15) is 27.0 Å². The SMILES string of the molecule is CSc1ccccc1C(=O)c1ccc(C)cc1C. The lowest BCUT2D eigenvalue weighted by molar-refractivity contribution is 0.103. The lowest BCUT2D eigenvalue weighted by atomic mass is 9.97. The Morgan fingerprint density at radius 1 is 1.00 bits per heavy atom. The largest absolute Gasteiger partial charge is 0.289 e. The van der Waals surface area contributed by atoms with Crippen molar-refractivity contribution in [1.29, 1.82) is 0 Å². The van der Waals surface area contributed by atoms with Crippen molar-refractivity contribution in [2.75, 3.05) is 6.26 Å². The van der Waals surface area contributed by atoms with Crippen LogP contribution in [0.2, 0.25) is 0 Å². The summed E-state index contributed by atoms with van der Waals surface area (Å²) in [7, 11) is 0. The normalized spacial score (nSPS) is 10.4. The first-order valence-electron chi connectivity index (χ1n) is 5.88. The van der Waals surface area contributed by atoms with Crippen molar-refractivity contribution in [2.24, 2.45) is 0 Å². The molecule has 0 saturated carbocycles. The predicted molar refractivity (Wildman–Crippen MR) is 77.6 cm³/mol. The van der Waals surface area contributed by atoms with Crippen LogP contribution in [0.4, 0.5) is 0 Å². The van der Waals surface area contributed by atoms with Gasteiger partial charge in [-0.25, -0.2) is 0 Å². The zero-order valence-electron chi connectivity index (χ0n) is 10.9. The van der Waals surface area contributed by atoms with Gasteiger partial charge in [0.1, 0.15) is 0 Å². The van der Waals surface area contributed by atoms with Crippen LogP contribution >= 0.6 is 11.8 Å². The second kappa shape index (κ2) is 5.40. The third-order valence-electron chi connectivity index (χ3n) is 2.98. The van der Waals surface area contributed by atoms with E-state index in [2.05, 4.69) is 6.07 Å². The number of thioether (sulfide) groups is 1. The molecule has 0 heterocycles. The molecule has 2 rings (SSSR count). The molecule has 0 aliphatic carbocycles.